The van der Waals surface area contributed by atoms with Gasteiger partial charge in [0.05, 0.1) is 6.20 Å². The molecule has 3 nitrogen and oxygen atoms in total. The smallest absolute Gasteiger partial charge is 0.0537 e. The van der Waals surface area contributed by atoms with E-state index in [1.165, 1.54) is 5.56 Å². The van der Waals surface area contributed by atoms with Gasteiger partial charge in [-0.25, -0.2) is 0 Å². The maximum atomic E-state index is 4.14. The topological polar surface area (TPSA) is 29.9 Å². The van der Waals surface area contributed by atoms with Crippen LogP contribution in [-0.2, 0) is 7.05 Å². The summed E-state index contributed by atoms with van der Waals surface area (Å²) < 4.78 is 1.84. The Hall–Kier alpha value is -0.830. The summed E-state index contributed by atoms with van der Waals surface area (Å²) >= 11 is 0. The van der Waals surface area contributed by atoms with Gasteiger partial charge in [-0.3, -0.25) is 4.68 Å². The van der Waals surface area contributed by atoms with Crippen molar-refractivity contribution in [3.8, 4) is 0 Å². The first kappa shape index (κ1) is 10.3. The normalized spacial score (nSPS) is 13.6. The lowest BCUT2D eigenvalue weighted by molar-refractivity contribution is 0.496. The molecule has 0 saturated carbocycles. The zero-order valence-electron chi connectivity index (χ0n) is 8.91. The second-order valence-electron chi connectivity index (χ2n) is 3.97. The Morgan fingerprint density at radius 2 is 2.15 bits per heavy atom. The molecule has 1 aromatic rings. The fourth-order valence-corrected chi connectivity index (χ4v) is 1.19. The minimum atomic E-state index is 0.399. The summed E-state index contributed by atoms with van der Waals surface area (Å²) in [4.78, 5) is 0. The van der Waals surface area contributed by atoms with Crippen molar-refractivity contribution in [1.82, 2.24) is 15.1 Å². The van der Waals surface area contributed by atoms with E-state index in [-0.39, 0.29) is 0 Å². The molecule has 74 valence electrons. The Kier molecular flexibility index (Phi) is 3.48. The van der Waals surface area contributed by atoms with Gasteiger partial charge < -0.3 is 5.32 Å². The number of aromatic nitrogens is 2. The summed E-state index contributed by atoms with van der Waals surface area (Å²) in [5, 5.41) is 7.60. The van der Waals surface area contributed by atoms with Crippen LogP contribution in [0.5, 0.6) is 0 Å². The first-order valence-electron chi connectivity index (χ1n) is 4.81. The van der Waals surface area contributed by atoms with Gasteiger partial charge in [-0.15, -0.1) is 0 Å². The van der Waals surface area contributed by atoms with Gasteiger partial charge in [0.2, 0.25) is 0 Å². The second kappa shape index (κ2) is 4.42. The molecule has 0 aromatic carbocycles. The average Bonchev–Trinajstić information content (AvgIpc) is 2.47. The Morgan fingerprint density at radius 3 is 2.62 bits per heavy atom. The molecule has 0 aliphatic heterocycles. The number of hydrogen-bond donors (Lipinski definition) is 1. The van der Waals surface area contributed by atoms with Crippen molar-refractivity contribution in [2.75, 3.05) is 6.54 Å². The van der Waals surface area contributed by atoms with Gasteiger partial charge >= 0.3 is 0 Å². The number of nitrogens with one attached hydrogen (secondary N) is 1. The SMILES string of the molecule is CC(C)CN[C@@H](C)c1cnn(C)c1. The molecule has 0 aliphatic rings. The highest BCUT2D eigenvalue weighted by Crippen LogP contribution is 2.10. The highest BCUT2D eigenvalue weighted by atomic mass is 15.2. The molecule has 0 saturated heterocycles. The molecule has 0 fully saturated rings. The molecule has 0 aliphatic carbocycles. The molecule has 1 aromatic heterocycles. The zero-order valence-corrected chi connectivity index (χ0v) is 8.91. The van der Waals surface area contributed by atoms with Crippen LogP contribution in [0.2, 0.25) is 0 Å². The van der Waals surface area contributed by atoms with Gasteiger partial charge in [-0.05, 0) is 19.4 Å². The zero-order chi connectivity index (χ0) is 9.84. The molecule has 1 rings (SSSR count). The van der Waals surface area contributed by atoms with Gasteiger partial charge in [-0.1, -0.05) is 13.8 Å². The van der Waals surface area contributed by atoms with E-state index < -0.39 is 0 Å². The molecular weight excluding hydrogens is 162 g/mol. The fourth-order valence-electron chi connectivity index (χ4n) is 1.19. The van der Waals surface area contributed by atoms with Crippen molar-refractivity contribution in [3.05, 3.63) is 18.0 Å². The standard InChI is InChI=1S/C10H19N3/c1-8(2)5-11-9(3)10-6-12-13(4)7-10/h6-9,11H,5H2,1-4H3/t9-/m0/s1. The Labute approximate surface area is 80.1 Å². The minimum Gasteiger partial charge on any atom is -0.310 e. The summed E-state index contributed by atoms with van der Waals surface area (Å²) in [5.74, 6) is 0.694. The van der Waals surface area contributed by atoms with E-state index >= 15 is 0 Å². The van der Waals surface area contributed by atoms with E-state index in [2.05, 4.69) is 37.4 Å². The number of nitrogens with zero attached hydrogens (tertiary/aromatic N) is 2. The third-order valence-corrected chi connectivity index (χ3v) is 2.06. The Balaban J connectivity index is 2.44. The number of hydrogen-bond acceptors (Lipinski definition) is 2. The van der Waals surface area contributed by atoms with Crippen molar-refractivity contribution < 1.29 is 0 Å². The van der Waals surface area contributed by atoms with Crippen molar-refractivity contribution in [2.45, 2.75) is 26.8 Å². The van der Waals surface area contributed by atoms with Gasteiger partial charge in [0, 0.05) is 24.8 Å². The Morgan fingerprint density at radius 1 is 1.46 bits per heavy atom. The van der Waals surface area contributed by atoms with Crippen molar-refractivity contribution >= 4 is 0 Å². The van der Waals surface area contributed by atoms with E-state index in [4.69, 9.17) is 0 Å². The Bertz CT molecular complexity index is 252. The second-order valence-corrected chi connectivity index (χ2v) is 3.97. The van der Waals surface area contributed by atoms with Crippen molar-refractivity contribution in [1.29, 1.82) is 0 Å². The van der Waals surface area contributed by atoms with Crippen LogP contribution >= 0.6 is 0 Å². The molecular formula is C10H19N3. The highest BCUT2D eigenvalue weighted by molar-refractivity contribution is 5.08. The summed E-state index contributed by atoms with van der Waals surface area (Å²) in [6, 6.07) is 0.399. The molecule has 0 spiro atoms. The van der Waals surface area contributed by atoms with Gasteiger partial charge in [-0.2, -0.15) is 5.10 Å². The lowest BCUT2D eigenvalue weighted by Crippen LogP contribution is -2.22. The third kappa shape index (κ3) is 3.19. The molecule has 0 radical (unpaired) electrons. The minimum absolute atomic E-state index is 0.399. The third-order valence-electron chi connectivity index (χ3n) is 2.06. The van der Waals surface area contributed by atoms with Crippen LogP contribution in [0.25, 0.3) is 0 Å². The molecule has 13 heavy (non-hydrogen) atoms. The van der Waals surface area contributed by atoms with Crippen molar-refractivity contribution in [3.63, 3.8) is 0 Å². The molecule has 0 bridgehead atoms. The number of rotatable bonds is 4. The first-order chi connectivity index (χ1) is 6.09. The van der Waals surface area contributed by atoms with E-state index in [1.807, 2.05) is 17.9 Å². The van der Waals surface area contributed by atoms with E-state index in [1.54, 1.807) is 0 Å². The summed E-state index contributed by atoms with van der Waals surface area (Å²) in [5.41, 5.74) is 1.25. The van der Waals surface area contributed by atoms with Gasteiger partial charge in [0.25, 0.3) is 0 Å². The highest BCUT2D eigenvalue weighted by Gasteiger charge is 2.06. The molecule has 3 heteroatoms. The summed E-state index contributed by atoms with van der Waals surface area (Å²) in [6.07, 6.45) is 3.97. The monoisotopic (exact) mass is 181 g/mol. The maximum absolute atomic E-state index is 4.14. The van der Waals surface area contributed by atoms with Crippen LogP contribution in [0.4, 0.5) is 0 Å². The predicted octanol–water partition coefficient (Wildman–Crippen LogP) is 1.73. The summed E-state index contributed by atoms with van der Waals surface area (Å²) in [6.45, 7) is 7.64. The van der Waals surface area contributed by atoms with Crippen molar-refractivity contribution in [2.24, 2.45) is 13.0 Å². The maximum Gasteiger partial charge on any atom is 0.0537 e. The number of aryl methyl sites for hydroxylation is 1. The van der Waals surface area contributed by atoms with Gasteiger partial charge in [0.1, 0.15) is 0 Å². The first-order valence-corrected chi connectivity index (χ1v) is 4.81. The average molecular weight is 181 g/mol. The van der Waals surface area contributed by atoms with Crippen LogP contribution in [0, 0.1) is 5.92 Å². The van der Waals surface area contributed by atoms with Crippen LogP contribution in [0.3, 0.4) is 0 Å². The molecule has 1 atom stereocenters. The van der Waals surface area contributed by atoms with Crippen LogP contribution in [0.15, 0.2) is 12.4 Å². The van der Waals surface area contributed by atoms with E-state index in [0.717, 1.165) is 6.54 Å². The van der Waals surface area contributed by atoms with Gasteiger partial charge in [0.15, 0.2) is 0 Å². The van der Waals surface area contributed by atoms with E-state index in [9.17, 15) is 0 Å². The fraction of sp³-hybridized carbons (Fsp3) is 0.700. The lowest BCUT2D eigenvalue weighted by Gasteiger charge is -2.13. The van der Waals surface area contributed by atoms with Crippen LogP contribution in [-0.4, -0.2) is 16.3 Å². The van der Waals surface area contributed by atoms with Crippen LogP contribution < -0.4 is 5.32 Å². The van der Waals surface area contributed by atoms with Crippen LogP contribution in [0.1, 0.15) is 32.4 Å². The van der Waals surface area contributed by atoms with E-state index in [0.29, 0.717) is 12.0 Å². The molecule has 0 amide bonds. The lowest BCUT2D eigenvalue weighted by atomic mass is 10.1. The summed E-state index contributed by atoms with van der Waals surface area (Å²) in [7, 11) is 1.94. The molecule has 1 N–H and O–H groups in total. The largest absolute Gasteiger partial charge is 0.310 e. The quantitative estimate of drug-likeness (QED) is 0.766. The molecule has 0 unspecified atom stereocenters. The molecule has 1 heterocycles. The predicted molar refractivity (Wildman–Crippen MR) is 54.5 cm³/mol.